The Hall–Kier alpha value is -1.01. The van der Waals surface area contributed by atoms with E-state index >= 15 is 0 Å². The van der Waals surface area contributed by atoms with E-state index < -0.39 is 11.9 Å². The van der Waals surface area contributed by atoms with Crippen molar-refractivity contribution >= 4 is 23.7 Å². The van der Waals surface area contributed by atoms with Crippen LogP contribution in [-0.4, -0.2) is 54.8 Å². The van der Waals surface area contributed by atoms with E-state index in [1.54, 1.807) is 0 Å². The third kappa shape index (κ3) is 2.39. The lowest BCUT2D eigenvalue weighted by Gasteiger charge is -2.26. The largest absolute Gasteiger partial charge is 0.466 e. The van der Waals surface area contributed by atoms with Gasteiger partial charge in [-0.3, -0.25) is 4.90 Å². The van der Waals surface area contributed by atoms with Crippen molar-refractivity contribution in [2.75, 3.05) is 26.5 Å². The highest BCUT2D eigenvalue weighted by molar-refractivity contribution is 8.00. The molecule has 0 aromatic rings. The van der Waals surface area contributed by atoms with Crippen LogP contribution in [0.4, 0.5) is 0 Å². The second kappa shape index (κ2) is 5.54. The van der Waals surface area contributed by atoms with Crippen LogP contribution in [-0.2, 0) is 19.1 Å². The Balaban J connectivity index is 2.33. The predicted octanol–water partition coefficient (Wildman–Crippen LogP) is 1.04. The zero-order valence-electron chi connectivity index (χ0n) is 11.6. The van der Waals surface area contributed by atoms with Crippen molar-refractivity contribution in [2.24, 2.45) is 5.92 Å². The molecule has 1 saturated heterocycles. The monoisotopic (exact) mass is 285 g/mol. The summed E-state index contributed by atoms with van der Waals surface area (Å²) >= 11 is 1.83. The highest BCUT2D eigenvalue weighted by atomic mass is 32.2. The fraction of sp³-hybridized carbons (Fsp3) is 0.692. The Morgan fingerprint density at radius 2 is 1.89 bits per heavy atom. The van der Waals surface area contributed by atoms with E-state index in [0.29, 0.717) is 29.0 Å². The molecule has 0 saturated carbocycles. The molecule has 1 fully saturated rings. The third-order valence-corrected chi connectivity index (χ3v) is 5.22. The van der Waals surface area contributed by atoms with Gasteiger partial charge in [0.25, 0.3) is 0 Å². The van der Waals surface area contributed by atoms with Crippen molar-refractivity contribution in [3.05, 3.63) is 11.1 Å². The van der Waals surface area contributed by atoms with E-state index in [0.717, 1.165) is 5.75 Å². The summed E-state index contributed by atoms with van der Waals surface area (Å²) in [7, 11) is 2.68. The van der Waals surface area contributed by atoms with Gasteiger partial charge in [-0.25, -0.2) is 9.59 Å². The second-order valence-corrected chi connectivity index (χ2v) is 6.18. The summed E-state index contributed by atoms with van der Waals surface area (Å²) in [5.74, 6) is 0.430. The maximum atomic E-state index is 11.9. The Labute approximate surface area is 117 Å². The van der Waals surface area contributed by atoms with Crippen LogP contribution in [0, 0.1) is 5.92 Å². The molecule has 2 atom stereocenters. The zero-order valence-corrected chi connectivity index (χ0v) is 12.5. The van der Waals surface area contributed by atoms with Gasteiger partial charge in [0.2, 0.25) is 0 Å². The van der Waals surface area contributed by atoms with Crippen molar-refractivity contribution in [1.82, 2.24) is 4.90 Å². The molecule has 0 amide bonds. The number of hydrogen-bond acceptors (Lipinski definition) is 6. The highest BCUT2D eigenvalue weighted by Crippen LogP contribution is 2.42. The smallest absolute Gasteiger partial charge is 0.335 e. The van der Waals surface area contributed by atoms with E-state index in [1.807, 2.05) is 11.8 Å². The summed E-state index contributed by atoms with van der Waals surface area (Å²) in [5, 5.41) is 0.326. The van der Waals surface area contributed by atoms with Crippen molar-refractivity contribution < 1.29 is 19.1 Å². The SMILES string of the molecule is COC(=O)C1=C(C(=O)OC)[C@H]2CS[C@H](C(C)C)N2C1. The molecule has 19 heavy (non-hydrogen) atoms. The molecular weight excluding hydrogens is 266 g/mol. The molecule has 2 aliphatic rings. The number of esters is 2. The van der Waals surface area contributed by atoms with Crippen molar-refractivity contribution in [1.29, 1.82) is 0 Å². The molecule has 6 heteroatoms. The molecule has 0 bridgehead atoms. The van der Waals surface area contributed by atoms with E-state index in [4.69, 9.17) is 9.47 Å². The summed E-state index contributed by atoms with van der Waals surface area (Å²) in [5.41, 5.74) is 0.926. The van der Waals surface area contributed by atoms with E-state index in [-0.39, 0.29) is 6.04 Å². The van der Waals surface area contributed by atoms with Crippen LogP contribution in [0.25, 0.3) is 0 Å². The van der Waals surface area contributed by atoms with Crippen LogP contribution in [0.2, 0.25) is 0 Å². The van der Waals surface area contributed by atoms with Crippen molar-refractivity contribution in [3.8, 4) is 0 Å². The van der Waals surface area contributed by atoms with Gasteiger partial charge < -0.3 is 9.47 Å². The van der Waals surface area contributed by atoms with Crippen LogP contribution in [0.1, 0.15) is 13.8 Å². The normalized spacial score (nSPS) is 26.8. The van der Waals surface area contributed by atoms with Crippen LogP contribution in [0.15, 0.2) is 11.1 Å². The van der Waals surface area contributed by atoms with E-state index in [2.05, 4.69) is 18.7 Å². The molecule has 2 heterocycles. The Morgan fingerprint density at radius 3 is 2.42 bits per heavy atom. The topological polar surface area (TPSA) is 55.8 Å². The minimum Gasteiger partial charge on any atom is -0.466 e. The fourth-order valence-electron chi connectivity index (χ4n) is 2.72. The van der Waals surface area contributed by atoms with Gasteiger partial charge in [0.05, 0.1) is 36.8 Å². The maximum Gasteiger partial charge on any atom is 0.335 e. The maximum absolute atomic E-state index is 11.9. The van der Waals surface area contributed by atoms with Crippen LogP contribution < -0.4 is 0 Å². The number of hydrogen-bond donors (Lipinski definition) is 0. The lowest BCUT2D eigenvalue weighted by Crippen LogP contribution is -2.37. The van der Waals surface area contributed by atoms with Gasteiger partial charge >= 0.3 is 11.9 Å². The fourth-order valence-corrected chi connectivity index (χ4v) is 4.25. The summed E-state index contributed by atoms with van der Waals surface area (Å²) in [6.07, 6.45) is 0. The Kier molecular flexibility index (Phi) is 4.20. The summed E-state index contributed by atoms with van der Waals surface area (Å²) < 4.78 is 9.60. The number of ether oxygens (including phenoxy) is 2. The number of rotatable bonds is 3. The molecule has 5 nitrogen and oxygen atoms in total. The molecule has 0 aliphatic carbocycles. The number of methoxy groups -OCH3 is 2. The van der Waals surface area contributed by atoms with Gasteiger partial charge in [-0.2, -0.15) is 0 Å². The minimum atomic E-state index is -0.428. The standard InChI is InChI=1S/C13H19NO4S/c1-7(2)11-14-5-8(12(15)17-3)10(13(16)18-4)9(14)6-19-11/h7,9,11H,5-6H2,1-4H3/t9-,11-/m1/s1. The number of fused-ring (bicyclic) bond motifs is 1. The first-order valence-corrected chi connectivity index (χ1v) is 7.33. The van der Waals surface area contributed by atoms with Gasteiger partial charge in [-0.05, 0) is 5.92 Å². The lowest BCUT2D eigenvalue weighted by molar-refractivity contribution is -0.139. The van der Waals surface area contributed by atoms with E-state index in [9.17, 15) is 9.59 Å². The average molecular weight is 285 g/mol. The molecular formula is C13H19NO4S. The lowest BCUT2D eigenvalue weighted by atomic mass is 10.1. The van der Waals surface area contributed by atoms with Gasteiger partial charge in [-0.1, -0.05) is 13.8 Å². The third-order valence-electron chi connectivity index (χ3n) is 3.56. The molecule has 0 spiro atoms. The Morgan fingerprint density at radius 1 is 1.26 bits per heavy atom. The minimum absolute atomic E-state index is 0.0288. The second-order valence-electron chi connectivity index (χ2n) is 5.03. The highest BCUT2D eigenvalue weighted by Gasteiger charge is 2.47. The molecule has 0 radical (unpaired) electrons. The van der Waals surface area contributed by atoms with Crippen LogP contribution in [0.5, 0.6) is 0 Å². The van der Waals surface area contributed by atoms with Gasteiger partial charge in [0.1, 0.15) is 0 Å². The molecule has 0 aromatic heterocycles. The van der Waals surface area contributed by atoms with Gasteiger partial charge in [0, 0.05) is 12.3 Å². The van der Waals surface area contributed by atoms with E-state index in [1.165, 1.54) is 14.2 Å². The first-order chi connectivity index (χ1) is 9.01. The number of nitrogens with zero attached hydrogens (tertiary/aromatic N) is 1. The van der Waals surface area contributed by atoms with Gasteiger partial charge in [0.15, 0.2) is 0 Å². The predicted molar refractivity (Wildman–Crippen MR) is 72.6 cm³/mol. The first-order valence-electron chi connectivity index (χ1n) is 6.28. The number of carbonyl (C=O) groups is 2. The quantitative estimate of drug-likeness (QED) is 0.722. The van der Waals surface area contributed by atoms with Crippen molar-refractivity contribution in [2.45, 2.75) is 25.3 Å². The van der Waals surface area contributed by atoms with Crippen LogP contribution in [0.3, 0.4) is 0 Å². The summed E-state index contributed by atoms with van der Waals surface area (Å²) in [6, 6.07) is -0.0288. The van der Waals surface area contributed by atoms with Crippen molar-refractivity contribution in [3.63, 3.8) is 0 Å². The molecule has 2 rings (SSSR count). The molecule has 2 aliphatic heterocycles. The van der Waals surface area contributed by atoms with Gasteiger partial charge in [-0.15, -0.1) is 11.8 Å². The van der Waals surface area contributed by atoms with Crippen LogP contribution >= 0.6 is 11.8 Å². The number of thioether (sulfide) groups is 1. The summed E-state index contributed by atoms with van der Waals surface area (Å²) in [4.78, 5) is 26.0. The Bertz CT molecular complexity index is 432. The molecule has 0 aromatic carbocycles. The molecule has 0 unspecified atom stereocenters. The molecule has 0 N–H and O–H groups in total. The first kappa shape index (κ1) is 14.4. The average Bonchev–Trinajstić information content (AvgIpc) is 2.94. The summed E-state index contributed by atoms with van der Waals surface area (Å²) in [6.45, 7) is 4.76. The number of carbonyl (C=O) groups excluding carboxylic acids is 2. The molecule has 106 valence electrons. The zero-order chi connectivity index (χ0) is 14.2.